The fraction of sp³-hybridized carbons (Fsp3) is 0.560. The van der Waals surface area contributed by atoms with Gasteiger partial charge in [0.2, 0.25) is 6.79 Å². The second kappa shape index (κ2) is 13.3. The van der Waals surface area contributed by atoms with Gasteiger partial charge in [-0.1, -0.05) is 18.9 Å². The molecule has 0 spiro atoms. The van der Waals surface area contributed by atoms with Crippen molar-refractivity contribution in [1.29, 1.82) is 0 Å². The van der Waals surface area contributed by atoms with Gasteiger partial charge in [-0.2, -0.15) is 0 Å². The van der Waals surface area contributed by atoms with Gasteiger partial charge in [-0.25, -0.2) is 9.59 Å². The van der Waals surface area contributed by atoms with Gasteiger partial charge in [0.05, 0.1) is 12.1 Å². The van der Waals surface area contributed by atoms with Gasteiger partial charge in [-0.15, -0.1) is 0 Å². The molecule has 1 saturated carbocycles. The zero-order valence-corrected chi connectivity index (χ0v) is 22.6. The number of carboxylic acids is 2. The van der Waals surface area contributed by atoms with Gasteiger partial charge < -0.3 is 34.5 Å². The van der Waals surface area contributed by atoms with E-state index in [9.17, 15) is 19.5 Å². The molecule has 1 aliphatic heterocycles. The fourth-order valence-corrected chi connectivity index (χ4v) is 5.50. The van der Waals surface area contributed by atoms with E-state index in [0.29, 0.717) is 23.6 Å². The normalized spacial score (nSPS) is 24.1. The van der Waals surface area contributed by atoms with Crippen LogP contribution in [0.4, 0.5) is 4.79 Å². The summed E-state index contributed by atoms with van der Waals surface area (Å²) < 4.78 is 15.6. The first kappa shape index (κ1) is 29.2. The Morgan fingerprint density at radius 1 is 1.23 bits per heavy atom. The van der Waals surface area contributed by atoms with Gasteiger partial charge in [-0.3, -0.25) is 0 Å². The minimum atomic E-state index is -1.51. The van der Waals surface area contributed by atoms with Crippen molar-refractivity contribution in [2.45, 2.75) is 69.9 Å². The number of hydrogen-bond donors (Lipinski definition) is 2. The van der Waals surface area contributed by atoms with Crippen molar-refractivity contribution in [3.8, 4) is 5.75 Å². The molecule has 0 amide bonds. The molecule has 1 heterocycles. The zero-order chi connectivity index (χ0) is 24.7. The van der Waals surface area contributed by atoms with E-state index in [1.165, 1.54) is 43.2 Å². The summed E-state index contributed by atoms with van der Waals surface area (Å²) in [5.41, 5.74) is 3.23. The summed E-state index contributed by atoms with van der Waals surface area (Å²) in [6, 6.07) is 7.01. The molecule has 2 bridgehead atoms. The number of nitrogens with one attached hydrogen (secondary N) is 1. The van der Waals surface area contributed by atoms with E-state index >= 15 is 0 Å². The minimum Gasteiger partial charge on any atom is -0.545 e. The Labute approximate surface area is 227 Å². The van der Waals surface area contributed by atoms with Crippen LogP contribution in [0.5, 0.6) is 5.75 Å². The van der Waals surface area contributed by atoms with Crippen LogP contribution < -0.4 is 44.7 Å². The molecule has 0 aromatic heterocycles. The molecule has 3 aliphatic rings. The van der Waals surface area contributed by atoms with Gasteiger partial charge in [-0.05, 0) is 81.3 Å². The van der Waals surface area contributed by atoms with E-state index in [-0.39, 0.29) is 42.5 Å². The van der Waals surface area contributed by atoms with E-state index in [0.717, 1.165) is 24.6 Å². The van der Waals surface area contributed by atoms with Crippen LogP contribution in [0.25, 0.3) is 0 Å². The third-order valence-electron chi connectivity index (χ3n) is 6.71. The molecule has 1 saturated heterocycles. The minimum absolute atomic E-state index is 0. The van der Waals surface area contributed by atoms with Gasteiger partial charge in [0.1, 0.15) is 5.75 Å². The van der Waals surface area contributed by atoms with Crippen molar-refractivity contribution >= 4 is 18.1 Å². The van der Waals surface area contributed by atoms with Crippen LogP contribution in [0.3, 0.4) is 0 Å². The van der Waals surface area contributed by atoms with Crippen molar-refractivity contribution < 1.29 is 68.4 Å². The molecular weight excluding hydrogens is 465 g/mol. The van der Waals surface area contributed by atoms with Crippen molar-refractivity contribution in [1.82, 2.24) is 5.32 Å². The molecule has 2 aliphatic carbocycles. The molecule has 9 nitrogen and oxygen atoms in total. The molecule has 4 rings (SSSR count). The average Bonchev–Trinajstić information content (AvgIpc) is 2.78. The molecule has 1 aromatic carbocycles. The quantitative estimate of drug-likeness (QED) is 0.227. The van der Waals surface area contributed by atoms with Crippen LogP contribution in [-0.4, -0.2) is 48.7 Å². The molecule has 10 heteroatoms. The Hall–Kier alpha value is -2.07. The summed E-state index contributed by atoms with van der Waals surface area (Å²) in [5, 5.41) is 21.0. The first-order valence-corrected chi connectivity index (χ1v) is 11.7. The van der Waals surface area contributed by atoms with Crippen LogP contribution in [0, 0.1) is 5.92 Å². The molecule has 1 aromatic rings. The van der Waals surface area contributed by atoms with Gasteiger partial charge in [0.15, 0.2) is 0 Å². The van der Waals surface area contributed by atoms with Gasteiger partial charge >= 0.3 is 41.7 Å². The molecule has 2 N–H and O–H groups in total. The number of carbonyl (C=O) groups excluding carboxylic acids is 2. The monoisotopic (exact) mass is 497 g/mol. The van der Waals surface area contributed by atoms with Crippen molar-refractivity contribution in [2.75, 3.05) is 13.3 Å². The number of carboxylic acid groups (broad SMARTS) is 2. The van der Waals surface area contributed by atoms with E-state index in [4.69, 9.17) is 19.3 Å². The van der Waals surface area contributed by atoms with Crippen LogP contribution >= 0.6 is 0 Å². The molecule has 3 atom stereocenters. The first-order valence-electron chi connectivity index (χ1n) is 11.7. The second-order valence-corrected chi connectivity index (χ2v) is 9.16. The third-order valence-corrected chi connectivity index (χ3v) is 6.71. The summed E-state index contributed by atoms with van der Waals surface area (Å²) in [4.78, 5) is 30.4. The average molecular weight is 498 g/mol. The maximum absolute atomic E-state index is 11.5. The Morgan fingerprint density at radius 2 is 2.00 bits per heavy atom. The van der Waals surface area contributed by atoms with Crippen LogP contribution in [0.15, 0.2) is 30.4 Å². The van der Waals surface area contributed by atoms with Crippen molar-refractivity contribution in [2.24, 2.45) is 5.92 Å². The molecule has 0 radical (unpaired) electrons. The van der Waals surface area contributed by atoms with Gasteiger partial charge in [0, 0.05) is 17.5 Å². The summed E-state index contributed by atoms with van der Waals surface area (Å²) in [7, 11) is 0. The number of piperidine rings is 1. The summed E-state index contributed by atoms with van der Waals surface area (Å²) in [6.45, 7) is 4.57. The number of benzene rings is 1. The third kappa shape index (κ3) is 7.70. The number of aliphatic carboxylic acids is 2. The smallest absolute Gasteiger partial charge is 0.545 e. The predicted molar refractivity (Wildman–Crippen MR) is 120 cm³/mol. The summed E-state index contributed by atoms with van der Waals surface area (Å²) in [5.74, 6) is -1.29. The van der Waals surface area contributed by atoms with Crippen molar-refractivity contribution in [3.63, 3.8) is 0 Å². The topological polar surface area (TPSA) is 134 Å². The van der Waals surface area contributed by atoms with E-state index in [1.54, 1.807) is 13.8 Å². The fourth-order valence-electron chi connectivity index (χ4n) is 5.50. The Kier molecular flexibility index (Phi) is 11.1. The molecule has 186 valence electrons. The number of rotatable bonds is 6. The predicted octanol–water partition coefficient (Wildman–Crippen LogP) is -0.688. The van der Waals surface area contributed by atoms with Crippen LogP contribution in [-0.2, 0) is 30.9 Å². The van der Waals surface area contributed by atoms with Gasteiger partial charge in [0.25, 0.3) is 0 Å². The largest absolute Gasteiger partial charge is 1.00 e. The maximum atomic E-state index is 11.5. The number of hydrogen-bond acceptors (Lipinski definition) is 8. The molecular formula is C25H32NNaO8. The van der Waals surface area contributed by atoms with Crippen molar-refractivity contribution in [3.05, 3.63) is 41.5 Å². The number of ether oxygens (including phenoxy) is 3. The number of fused-ring (bicyclic) bond motifs is 1. The molecule has 2 fully saturated rings. The van der Waals surface area contributed by atoms with E-state index in [2.05, 4.69) is 17.4 Å². The second-order valence-electron chi connectivity index (χ2n) is 9.16. The van der Waals surface area contributed by atoms with E-state index < -0.39 is 18.1 Å². The van der Waals surface area contributed by atoms with Crippen LogP contribution in [0.1, 0.15) is 57.1 Å². The number of carbonyl (C=O) groups is 3. The van der Waals surface area contributed by atoms with Crippen LogP contribution in [0.2, 0.25) is 0 Å². The SMILES string of the molecule is CC(C)OC(=O)OCOc1ccc2c(c1)[C@]13CCCC[C@@H]1[C@H](C2)NCC3.O=C([O-])/C=C/C(=O)O.[Na+]. The maximum Gasteiger partial charge on any atom is 1.00 e. The zero-order valence-electron chi connectivity index (χ0n) is 20.6. The standard InChI is InChI=1S/C21H29NO4.C4H4O4.Na/c1-14(2)26-20(23)25-13-24-16-7-6-15-11-19-17-5-3-4-8-21(17,9-10-22-19)18(15)12-16;5-3(6)1-2-4(7)8;/h6-7,12,14,17,19,22H,3-5,8-11,13H2,1-2H3;1-2H,(H,5,6)(H,7,8);/q;;+1/p-1/b;2-1+;/t17-,19+,21+;;/m1../s1. The Balaban J connectivity index is 0.000000418. The molecule has 35 heavy (non-hydrogen) atoms. The Bertz CT molecular complexity index is 914. The summed E-state index contributed by atoms with van der Waals surface area (Å²) >= 11 is 0. The first-order chi connectivity index (χ1) is 16.2. The van der Waals surface area contributed by atoms with E-state index in [1.807, 2.05) is 6.07 Å². The molecule has 0 unspecified atom stereocenters. The summed E-state index contributed by atoms with van der Waals surface area (Å²) in [6.07, 6.45) is 7.65. The Morgan fingerprint density at radius 3 is 2.66 bits per heavy atom.